The van der Waals surface area contributed by atoms with Crippen LogP contribution in [0.4, 0.5) is 10.5 Å². The smallest absolute Gasteiger partial charge is 0.319 e. The second-order valence-electron chi connectivity index (χ2n) is 4.92. The van der Waals surface area contributed by atoms with Crippen LogP contribution in [0.25, 0.3) is 0 Å². The second kappa shape index (κ2) is 5.78. The van der Waals surface area contributed by atoms with Gasteiger partial charge in [-0.3, -0.25) is 0 Å². The number of likely N-dealkylation sites (tertiary alicyclic amines) is 1. The van der Waals surface area contributed by atoms with E-state index in [0.717, 1.165) is 19.5 Å². The van der Waals surface area contributed by atoms with Crippen molar-refractivity contribution in [2.24, 2.45) is 5.14 Å². The van der Waals surface area contributed by atoms with Crippen LogP contribution in [0.1, 0.15) is 6.42 Å². The van der Waals surface area contributed by atoms with Crippen LogP contribution in [0.3, 0.4) is 0 Å². The molecular weight excluding hydrogens is 280 g/mol. The fourth-order valence-corrected chi connectivity index (χ4v) is 2.72. The number of nitrogens with zero attached hydrogens (tertiary/aromatic N) is 1. The van der Waals surface area contributed by atoms with Crippen LogP contribution in [0, 0.1) is 0 Å². The molecule has 1 aliphatic heterocycles. The molecule has 0 aromatic heterocycles. The number of benzene rings is 1. The maximum Gasteiger partial charge on any atom is 0.319 e. The van der Waals surface area contributed by atoms with E-state index < -0.39 is 10.0 Å². The summed E-state index contributed by atoms with van der Waals surface area (Å²) in [6.07, 6.45) is 0.904. The van der Waals surface area contributed by atoms with Gasteiger partial charge in [-0.05, 0) is 38.2 Å². The highest BCUT2D eigenvalue weighted by molar-refractivity contribution is 7.89. The van der Waals surface area contributed by atoms with Crippen molar-refractivity contribution in [3.8, 4) is 0 Å². The number of rotatable bonds is 3. The van der Waals surface area contributed by atoms with E-state index >= 15 is 0 Å². The van der Waals surface area contributed by atoms with Gasteiger partial charge in [-0.1, -0.05) is 6.07 Å². The van der Waals surface area contributed by atoms with Gasteiger partial charge in [0.2, 0.25) is 10.0 Å². The molecule has 1 aromatic rings. The van der Waals surface area contributed by atoms with Gasteiger partial charge in [-0.15, -0.1) is 0 Å². The molecule has 1 aliphatic rings. The number of primary sulfonamides is 1. The Bertz CT molecular complexity index is 602. The van der Waals surface area contributed by atoms with Gasteiger partial charge in [0.15, 0.2) is 0 Å². The minimum atomic E-state index is -3.77. The van der Waals surface area contributed by atoms with Crippen LogP contribution < -0.4 is 15.8 Å². The van der Waals surface area contributed by atoms with Gasteiger partial charge in [-0.25, -0.2) is 18.4 Å². The Hall–Kier alpha value is -1.64. The van der Waals surface area contributed by atoms with E-state index in [2.05, 4.69) is 15.5 Å². The molecule has 2 amide bonds. The molecule has 0 bridgehead atoms. The molecule has 8 heteroatoms. The third kappa shape index (κ3) is 3.92. The topological polar surface area (TPSA) is 105 Å². The van der Waals surface area contributed by atoms with E-state index in [1.54, 1.807) is 6.07 Å². The monoisotopic (exact) mass is 298 g/mol. The minimum absolute atomic E-state index is 0.0316. The summed E-state index contributed by atoms with van der Waals surface area (Å²) in [4.78, 5) is 13.9. The van der Waals surface area contributed by atoms with Crippen molar-refractivity contribution in [2.45, 2.75) is 17.4 Å². The Balaban J connectivity index is 1.98. The number of hydrogen-bond acceptors (Lipinski definition) is 4. The maximum absolute atomic E-state index is 11.8. The van der Waals surface area contributed by atoms with Crippen molar-refractivity contribution >= 4 is 21.7 Å². The number of nitrogens with two attached hydrogens (primary N) is 1. The fraction of sp³-hybridized carbons (Fsp3) is 0.417. The summed E-state index contributed by atoms with van der Waals surface area (Å²) >= 11 is 0. The predicted octanol–water partition coefficient (Wildman–Crippen LogP) is 0.160. The molecule has 1 fully saturated rings. The number of nitrogens with one attached hydrogen (secondary N) is 2. The van der Waals surface area contributed by atoms with Crippen LogP contribution in [0.5, 0.6) is 0 Å². The number of sulfonamides is 1. The van der Waals surface area contributed by atoms with Gasteiger partial charge >= 0.3 is 6.03 Å². The lowest BCUT2D eigenvalue weighted by atomic mass is 10.3. The number of carbonyl (C=O) groups excluding carboxylic acids is 1. The number of anilines is 1. The number of amides is 2. The molecular formula is C12H18N4O3S. The zero-order valence-corrected chi connectivity index (χ0v) is 12.0. The van der Waals surface area contributed by atoms with Crippen molar-refractivity contribution in [2.75, 3.05) is 25.5 Å². The highest BCUT2D eigenvalue weighted by Crippen LogP contribution is 2.14. The zero-order chi connectivity index (χ0) is 14.8. The van der Waals surface area contributed by atoms with Gasteiger partial charge in [0.1, 0.15) is 0 Å². The van der Waals surface area contributed by atoms with Gasteiger partial charge in [0.25, 0.3) is 0 Å². The molecule has 110 valence electrons. The van der Waals surface area contributed by atoms with Gasteiger partial charge < -0.3 is 15.5 Å². The van der Waals surface area contributed by atoms with Crippen molar-refractivity contribution in [1.29, 1.82) is 0 Å². The molecule has 0 spiro atoms. The van der Waals surface area contributed by atoms with Crippen molar-refractivity contribution in [3.63, 3.8) is 0 Å². The Morgan fingerprint density at radius 2 is 2.20 bits per heavy atom. The lowest BCUT2D eigenvalue weighted by Gasteiger charge is -2.14. The van der Waals surface area contributed by atoms with E-state index in [1.807, 2.05) is 7.05 Å². The van der Waals surface area contributed by atoms with E-state index in [9.17, 15) is 13.2 Å². The van der Waals surface area contributed by atoms with Gasteiger partial charge in [0.05, 0.1) is 4.90 Å². The molecule has 20 heavy (non-hydrogen) atoms. The molecule has 0 radical (unpaired) electrons. The van der Waals surface area contributed by atoms with Crippen LogP contribution in [0.15, 0.2) is 29.2 Å². The van der Waals surface area contributed by atoms with Crippen molar-refractivity contribution in [1.82, 2.24) is 10.2 Å². The number of carbonyl (C=O) groups is 1. The lowest BCUT2D eigenvalue weighted by molar-refractivity contribution is 0.248. The minimum Gasteiger partial charge on any atom is -0.334 e. The summed E-state index contributed by atoms with van der Waals surface area (Å²) in [5.41, 5.74) is 0.389. The molecule has 2 rings (SSSR count). The van der Waals surface area contributed by atoms with Crippen LogP contribution in [0.2, 0.25) is 0 Å². The summed E-state index contributed by atoms with van der Waals surface area (Å²) in [5, 5.41) is 10.5. The van der Waals surface area contributed by atoms with Crippen molar-refractivity contribution in [3.05, 3.63) is 24.3 Å². The predicted molar refractivity (Wildman–Crippen MR) is 75.9 cm³/mol. The van der Waals surface area contributed by atoms with Crippen molar-refractivity contribution < 1.29 is 13.2 Å². The Kier molecular flexibility index (Phi) is 4.26. The molecule has 4 N–H and O–H groups in total. The standard InChI is InChI=1S/C12H18N4O3S/c1-16-6-5-10(8-16)15-12(17)14-9-3-2-4-11(7-9)20(13,18)19/h2-4,7,10H,5-6,8H2,1H3,(H2,13,18,19)(H2,14,15,17)/t10-/m1/s1. The van der Waals surface area contributed by atoms with E-state index in [-0.39, 0.29) is 17.0 Å². The first-order chi connectivity index (χ1) is 9.34. The summed E-state index contributed by atoms with van der Waals surface area (Å²) in [6.45, 7) is 1.76. The molecule has 0 unspecified atom stereocenters. The van der Waals surface area contributed by atoms with Gasteiger partial charge in [0, 0.05) is 18.3 Å². The number of likely N-dealkylation sites (N-methyl/N-ethyl adjacent to an activating group) is 1. The summed E-state index contributed by atoms with van der Waals surface area (Å²) < 4.78 is 22.5. The zero-order valence-electron chi connectivity index (χ0n) is 11.2. The Labute approximate surface area is 118 Å². The van der Waals surface area contributed by atoms with Crippen LogP contribution in [-0.4, -0.2) is 45.5 Å². The summed E-state index contributed by atoms with van der Waals surface area (Å²) in [6, 6.07) is 5.60. The molecule has 1 heterocycles. The molecule has 0 aliphatic carbocycles. The summed E-state index contributed by atoms with van der Waals surface area (Å²) in [5.74, 6) is 0. The van der Waals surface area contributed by atoms with Gasteiger partial charge in [-0.2, -0.15) is 0 Å². The maximum atomic E-state index is 11.8. The first-order valence-corrected chi connectivity index (χ1v) is 7.78. The second-order valence-corrected chi connectivity index (χ2v) is 6.48. The highest BCUT2D eigenvalue weighted by atomic mass is 32.2. The Morgan fingerprint density at radius 1 is 1.45 bits per heavy atom. The normalized spacial score (nSPS) is 19.8. The van der Waals surface area contributed by atoms with E-state index in [4.69, 9.17) is 5.14 Å². The molecule has 1 atom stereocenters. The molecule has 1 aromatic carbocycles. The number of hydrogen-bond donors (Lipinski definition) is 3. The first kappa shape index (κ1) is 14.8. The molecule has 0 saturated carbocycles. The van der Waals surface area contributed by atoms with Crippen LogP contribution in [-0.2, 0) is 10.0 Å². The molecule has 1 saturated heterocycles. The average molecular weight is 298 g/mol. The third-order valence-electron chi connectivity index (χ3n) is 3.15. The highest BCUT2D eigenvalue weighted by Gasteiger charge is 2.21. The van der Waals surface area contributed by atoms with E-state index in [0.29, 0.717) is 5.69 Å². The fourth-order valence-electron chi connectivity index (χ4n) is 2.16. The quantitative estimate of drug-likeness (QED) is 0.739. The third-order valence-corrected chi connectivity index (χ3v) is 4.06. The first-order valence-electron chi connectivity index (χ1n) is 6.23. The average Bonchev–Trinajstić information content (AvgIpc) is 2.73. The lowest BCUT2D eigenvalue weighted by Crippen LogP contribution is -2.39. The largest absolute Gasteiger partial charge is 0.334 e. The van der Waals surface area contributed by atoms with E-state index in [1.165, 1.54) is 18.2 Å². The Morgan fingerprint density at radius 3 is 2.80 bits per heavy atom. The number of urea groups is 1. The molecule has 7 nitrogen and oxygen atoms in total. The SMILES string of the molecule is CN1CC[C@@H](NC(=O)Nc2cccc(S(N)(=O)=O)c2)C1. The summed E-state index contributed by atoms with van der Waals surface area (Å²) in [7, 11) is -1.77. The van der Waals surface area contributed by atoms with Crippen LogP contribution >= 0.6 is 0 Å².